The summed E-state index contributed by atoms with van der Waals surface area (Å²) in [6.45, 7) is 2.40. The van der Waals surface area contributed by atoms with Crippen LogP contribution in [0.4, 0.5) is 25.2 Å². The molecule has 34 heavy (non-hydrogen) atoms. The van der Waals surface area contributed by atoms with Crippen molar-refractivity contribution in [1.82, 2.24) is 0 Å². The minimum absolute atomic E-state index is 0.586. The normalized spacial score (nSPS) is 46.0. The van der Waals surface area contributed by atoms with E-state index < -0.39 is 7.81 Å². The Morgan fingerprint density at radius 1 is 0.588 bits per heavy atom. The van der Waals surface area contributed by atoms with Crippen LogP contribution in [0.15, 0.2) is 12.1 Å². The van der Waals surface area contributed by atoms with Gasteiger partial charge in [0.2, 0.25) is 21.1 Å². The van der Waals surface area contributed by atoms with Gasteiger partial charge in [0.1, 0.15) is 0 Å². The van der Waals surface area contributed by atoms with E-state index in [-0.39, 0.29) is 0 Å². The number of hydrogen-bond acceptors (Lipinski definition) is 0. The number of halogens is 6. The second-order valence-corrected chi connectivity index (χ2v) is 16.2. The van der Waals surface area contributed by atoms with Crippen LogP contribution in [0.25, 0.3) is 0 Å². The van der Waals surface area contributed by atoms with E-state index in [0.717, 1.165) is 35.5 Å². The van der Waals surface area contributed by atoms with E-state index in [1.165, 1.54) is 38.5 Å². The van der Waals surface area contributed by atoms with Crippen LogP contribution in [-0.2, 0) is 10.8 Å². The molecular formula is C26H35F6PS. The fourth-order valence-corrected chi connectivity index (χ4v) is 11.6. The third-order valence-corrected chi connectivity index (χ3v) is 11.6. The van der Waals surface area contributed by atoms with Crippen molar-refractivity contribution in [3.8, 4) is 0 Å². The van der Waals surface area contributed by atoms with E-state index in [1.54, 1.807) is 44.1 Å². The number of aryl methyl sites for hydroxylation is 1. The van der Waals surface area contributed by atoms with Crippen molar-refractivity contribution in [3.63, 3.8) is 0 Å². The van der Waals surface area contributed by atoms with Gasteiger partial charge in [-0.1, -0.05) is 0 Å². The van der Waals surface area contributed by atoms with Gasteiger partial charge in [-0.3, -0.25) is 0 Å². The van der Waals surface area contributed by atoms with Crippen molar-refractivity contribution in [2.45, 2.75) is 94.8 Å². The molecule has 192 valence electrons. The third kappa shape index (κ3) is 4.91. The average Bonchev–Trinajstić information content (AvgIpc) is 2.63. The molecule has 8 fully saturated rings. The summed E-state index contributed by atoms with van der Waals surface area (Å²) in [4.78, 5) is 3.65. The van der Waals surface area contributed by atoms with Crippen LogP contribution in [-0.4, -0.2) is 0 Å². The van der Waals surface area contributed by atoms with Crippen molar-refractivity contribution in [3.05, 3.63) is 27.5 Å². The first-order valence-corrected chi connectivity index (χ1v) is 15.9. The Morgan fingerprint density at radius 3 is 1.06 bits per heavy atom. The first-order chi connectivity index (χ1) is 15.5. The first-order valence-electron chi connectivity index (χ1n) is 13.0. The summed E-state index contributed by atoms with van der Waals surface area (Å²) in [6.07, 6.45) is 18.6. The molecule has 8 aliphatic rings. The monoisotopic (exact) mass is 524 g/mol. The molecule has 0 amide bonds. The molecule has 0 radical (unpaired) electrons. The van der Waals surface area contributed by atoms with Crippen LogP contribution in [0.5, 0.6) is 0 Å². The van der Waals surface area contributed by atoms with Crippen molar-refractivity contribution in [2.24, 2.45) is 35.5 Å². The fraction of sp³-hybridized carbons (Fsp3) is 0.808. The van der Waals surface area contributed by atoms with Gasteiger partial charge in [-0.25, -0.2) is 0 Å². The Hall–Kier alpha value is -0.420. The van der Waals surface area contributed by atoms with Gasteiger partial charge < -0.3 is 0 Å². The Balaban J connectivity index is 0.000000275. The first kappa shape index (κ1) is 23.9. The predicted octanol–water partition coefficient (Wildman–Crippen LogP) is 10.7. The molecule has 0 aromatic carbocycles. The second kappa shape index (κ2) is 6.91. The van der Waals surface area contributed by atoms with Crippen LogP contribution in [0.2, 0.25) is 0 Å². The standard InChI is InChI=1S/C26H35S.F6P/c1-16-2-23(25-10-17-4-18(11-25)6-19(5-17)12-25)27-24(3-16)26-13-20-7-21(14-26)9-22(8-20)15-26;1-7(2,3,4,5)6/h2-3,17-22H,4-15H2,1H3;/q+1;-1. The van der Waals surface area contributed by atoms with Crippen molar-refractivity contribution < 1.29 is 25.2 Å². The molecule has 8 aliphatic carbocycles. The zero-order valence-electron chi connectivity index (χ0n) is 19.7. The van der Waals surface area contributed by atoms with E-state index >= 15 is 0 Å². The topological polar surface area (TPSA) is 0 Å². The predicted molar refractivity (Wildman–Crippen MR) is 127 cm³/mol. The Bertz CT molecular complexity index is 857. The maximum absolute atomic E-state index is 10.7. The summed E-state index contributed by atoms with van der Waals surface area (Å²) in [5.41, 5.74) is 2.75. The molecule has 8 heteroatoms. The molecule has 0 atom stereocenters. The molecule has 1 aromatic heterocycles. The molecule has 0 nitrogen and oxygen atoms in total. The van der Waals surface area contributed by atoms with Gasteiger partial charge in [0.05, 0.1) is 10.8 Å². The van der Waals surface area contributed by atoms with Gasteiger partial charge in [-0.05, 0) is 125 Å². The van der Waals surface area contributed by atoms with Gasteiger partial charge in [0, 0.05) is 12.1 Å². The minimum atomic E-state index is -10.7. The number of hydrogen-bond donors (Lipinski definition) is 0. The summed E-state index contributed by atoms with van der Waals surface area (Å²) < 4.78 is 59.2. The third-order valence-electron chi connectivity index (χ3n) is 10.1. The van der Waals surface area contributed by atoms with Gasteiger partial charge >= 0.3 is 33.0 Å². The van der Waals surface area contributed by atoms with Crippen molar-refractivity contribution in [1.29, 1.82) is 0 Å². The van der Waals surface area contributed by atoms with Gasteiger partial charge in [0.25, 0.3) is 0 Å². The molecule has 0 N–H and O–H groups in total. The van der Waals surface area contributed by atoms with Gasteiger partial charge in [0.15, 0.2) is 0 Å². The van der Waals surface area contributed by atoms with Gasteiger partial charge in [-0.2, -0.15) is 0 Å². The summed E-state index contributed by atoms with van der Waals surface area (Å²) in [5, 5.41) is 0. The summed E-state index contributed by atoms with van der Waals surface area (Å²) >= 11 is 2.31. The molecular weight excluding hydrogens is 489 g/mol. The van der Waals surface area contributed by atoms with Crippen molar-refractivity contribution in [2.75, 3.05) is 0 Å². The zero-order chi connectivity index (χ0) is 24.2. The number of rotatable bonds is 2. The molecule has 8 saturated carbocycles. The molecule has 9 rings (SSSR count). The molecule has 0 aliphatic heterocycles. The maximum atomic E-state index is 9.87. The van der Waals surface area contributed by atoms with Gasteiger partial charge in [-0.15, -0.1) is 0 Å². The van der Waals surface area contributed by atoms with Crippen LogP contribution in [0.3, 0.4) is 0 Å². The summed E-state index contributed by atoms with van der Waals surface area (Å²) in [7, 11) is -10.7. The zero-order valence-corrected chi connectivity index (χ0v) is 21.4. The molecule has 1 aromatic rings. The fourth-order valence-electron chi connectivity index (χ4n) is 9.98. The quantitative estimate of drug-likeness (QED) is 0.205. The van der Waals surface area contributed by atoms with Crippen LogP contribution in [0.1, 0.15) is 92.4 Å². The Kier molecular flexibility index (Phi) is 4.87. The summed E-state index contributed by atoms with van der Waals surface area (Å²) in [5.74, 6) is 6.37. The van der Waals surface area contributed by atoms with E-state index in [2.05, 4.69) is 30.4 Å². The molecule has 0 spiro atoms. The second-order valence-electron chi connectivity index (χ2n) is 13.2. The summed E-state index contributed by atoms with van der Waals surface area (Å²) in [6, 6.07) is 5.28. The van der Waals surface area contributed by atoms with Crippen molar-refractivity contribution >= 4 is 19.1 Å². The van der Waals surface area contributed by atoms with E-state index in [1.807, 2.05) is 9.75 Å². The van der Waals surface area contributed by atoms with E-state index in [4.69, 9.17) is 0 Å². The van der Waals surface area contributed by atoms with Crippen LogP contribution >= 0.6 is 19.1 Å². The molecule has 0 saturated heterocycles. The van der Waals surface area contributed by atoms with Crippen LogP contribution < -0.4 is 0 Å². The van der Waals surface area contributed by atoms with E-state index in [9.17, 15) is 25.2 Å². The van der Waals surface area contributed by atoms with Crippen LogP contribution in [0, 0.1) is 42.4 Å². The molecule has 8 bridgehead atoms. The molecule has 1 heterocycles. The molecule has 0 unspecified atom stereocenters. The van der Waals surface area contributed by atoms with E-state index in [0.29, 0.717) is 10.8 Å². The Labute approximate surface area is 202 Å². The Morgan fingerprint density at radius 2 is 0.824 bits per heavy atom. The SMILES string of the molecule is Cc1cc(C23CC4CC(CC(C4)C2)C3)[s+]c(C23CC4CC(CC(C4)C2)C3)c1.F[P-](F)(F)(F)(F)F. The average molecular weight is 525 g/mol.